The smallest absolute Gasteiger partial charge is 0.264 e. The summed E-state index contributed by atoms with van der Waals surface area (Å²) in [6.07, 6.45) is 0.135. The molecule has 2 aromatic carbocycles. The van der Waals surface area contributed by atoms with Crippen LogP contribution in [0.1, 0.15) is 13.8 Å². The Morgan fingerprint density at radius 2 is 1.96 bits per heavy atom. The van der Waals surface area contributed by atoms with E-state index in [-0.39, 0.29) is 18.6 Å². The lowest BCUT2D eigenvalue weighted by molar-refractivity contribution is -0.118. The molecular weight excluding hydrogens is 428 g/mol. The van der Waals surface area contributed by atoms with Crippen LogP contribution in [0.25, 0.3) is 11.3 Å². The summed E-state index contributed by atoms with van der Waals surface area (Å²) in [5.74, 6) is 1.20. The first kappa shape index (κ1) is 19.4. The van der Waals surface area contributed by atoms with E-state index in [0.29, 0.717) is 10.9 Å². The number of anilines is 1. The Hall–Kier alpha value is -2.38. The molecule has 0 unspecified atom stereocenters. The summed E-state index contributed by atoms with van der Waals surface area (Å²) in [7, 11) is 0. The largest absolute Gasteiger partial charge is 0.491 e. The molecule has 3 rings (SSSR count). The summed E-state index contributed by atoms with van der Waals surface area (Å²) < 4.78 is 12.0. The minimum Gasteiger partial charge on any atom is -0.491 e. The first-order valence-corrected chi connectivity index (χ1v) is 10.1. The predicted octanol–water partition coefficient (Wildman–Crippen LogP) is 5.38. The zero-order valence-corrected chi connectivity index (χ0v) is 17.3. The zero-order chi connectivity index (χ0) is 19.2. The molecule has 3 aromatic rings. The average molecular weight is 447 g/mol. The summed E-state index contributed by atoms with van der Waals surface area (Å²) in [4.78, 5) is 16.5. The van der Waals surface area contributed by atoms with Gasteiger partial charge in [0.2, 0.25) is 0 Å². The molecule has 0 fully saturated rings. The number of halogens is 1. The molecule has 0 radical (unpaired) electrons. The van der Waals surface area contributed by atoms with E-state index < -0.39 is 0 Å². The molecule has 1 amide bonds. The lowest BCUT2D eigenvalue weighted by Crippen LogP contribution is -2.20. The van der Waals surface area contributed by atoms with E-state index in [4.69, 9.17) is 9.47 Å². The number of nitrogens with one attached hydrogen (secondary N) is 1. The molecule has 0 aliphatic rings. The summed E-state index contributed by atoms with van der Waals surface area (Å²) in [5, 5.41) is 5.20. The number of hydrogen-bond acceptors (Lipinski definition) is 5. The lowest BCUT2D eigenvalue weighted by Gasteiger charge is -2.09. The fourth-order valence-electron chi connectivity index (χ4n) is 2.30. The number of aromatic nitrogens is 1. The minimum absolute atomic E-state index is 0.0768. The molecule has 1 aromatic heterocycles. The first-order chi connectivity index (χ1) is 13.0. The van der Waals surface area contributed by atoms with Crippen molar-refractivity contribution in [3.63, 3.8) is 0 Å². The van der Waals surface area contributed by atoms with Crippen molar-refractivity contribution < 1.29 is 14.3 Å². The van der Waals surface area contributed by atoms with Crippen LogP contribution in [0.3, 0.4) is 0 Å². The standard InChI is InChI=1S/C20H19BrN2O3S/c1-13(2)26-16-8-6-14(7-9-16)18-12-27-20(22-18)23-19(24)11-25-17-5-3-4-15(21)10-17/h3-10,12-13H,11H2,1-2H3,(H,22,23,24). The zero-order valence-electron chi connectivity index (χ0n) is 14.9. The van der Waals surface area contributed by atoms with Crippen LogP contribution in [-0.4, -0.2) is 23.6 Å². The highest BCUT2D eigenvalue weighted by atomic mass is 79.9. The third kappa shape index (κ3) is 5.80. The molecule has 0 bridgehead atoms. The van der Waals surface area contributed by atoms with Crippen molar-refractivity contribution in [1.29, 1.82) is 0 Å². The van der Waals surface area contributed by atoms with E-state index in [9.17, 15) is 4.79 Å². The molecule has 0 spiro atoms. The highest BCUT2D eigenvalue weighted by molar-refractivity contribution is 9.10. The number of carbonyl (C=O) groups excluding carboxylic acids is 1. The van der Waals surface area contributed by atoms with Gasteiger partial charge in [0.05, 0.1) is 11.8 Å². The van der Waals surface area contributed by atoms with Crippen LogP contribution in [0.15, 0.2) is 58.4 Å². The van der Waals surface area contributed by atoms with Crippen LogP contribution in [0.4, 0.5) is 5.13 Å². The first-order valence-electron chi connectivity index (χ1n) is 8.40. The molecule has 1 N–H and O–H groups in total. The Bertz CT molecular complexity index is 910. The van der Waals surface area contributed by atoms with Crippen molar-refractivity contribution >= 4 is 38.3 Å². The summed E-state index contributed by atoms with van der Waals surface area (Å²) in [5.41, 5.74) is 1.77. The second kappa shape index (κ2) is 9.01. The molecule has 0 saturated carbocycles. The van der Waals surface area contributed by atoms with Crippen molar-refractivity contribution in [2.45, 2.75) is 20.0 Å². The SMILES string of the molecule is CC(C)Oc1ccc(-c2csc(NC(=O)COc3cccc(Br)c3)n2)cc1. The Labute approximate surface area is 170 Å². The number of rotatable bonds is 7. The second-order valence-electron chi connectivity index (χ2n) is 6.02. The van der Waals surface area contributed by atoms with Gasteiger partial charge in [-0.3, -0.25) is 10.1 Å². The van der Waals surface area contributed by atoms with Gasteiger partial charge < -0.3 is 9.47 Å². The summed E-state index contributed by atoms with van der Waals surface area (Å²) >= 11 is 4.74. The molecule has 0 atom stereocenters. The molecule has 5 nitrogen and oxygen atoms in total. The predicted molar refractivity (Wildman–Crippen MR) is 112 cm³/mol. The van der Waals surface area contributed by atoms with Gasteiger partial charge >= 0.3 is 0 Å². The van der Waals surface area contributed by atoms with Gasteiger partial charge in [-0.05, 0) is 56.3 Å². The quantitative estimate of drug-likeness (QED) is 0.529. The van der Waals surface area contributed by atoms with Gasteiger partial charge in [-0.2, -0.15) is 0 Å². The summed E-state index contributed by atoms with van der Waals surface area (Å²) in [6.45, 7) is 3.90. The Morgan fingerprint density at radius 3 is 2.67 bits per heavy atom. The Kier molecular flexibility index (Phi) is 6.47. The monoisotopic (exact) mass is 446 g/mol. The average Bonchev–Trinajstić information content (AvgIpc) is 3.08. The molecule has 140 valence electrons. The van der Waals surface area contributed by atoms with Crippen LogP contribution in [-0.2, 0) is 4.79 Å². The molecule has 0 aliphatic carbocycles. The number of carbonyl (C=O) groups is 1. The van der Waals surface area contributed by atoms with Crippen LogP contribution in [0.2, 0.25) is 0 Å². The van der Waals surface area contributed by atoms with Gasteiger partial charge in [0, 0.05) is 15.4 Å². The normalized spacial score (nSPS) is 10.7. The number of thiazole rings is 1. The van der Waals surface area contributed by atoms with Gasteiger partial charge in [0.25, 0.3) is 5.91 Å². The Balaban J connectivity index is 1.56. The van der Waals surface area contributed by atoms with E-state index >= 15 is 0 Å². The number of amides is 1. The van der Waals surface area contributed by atoms with Gasteiger partial charge in [-0.25, -0.2) is 4.98 Å². The van der Waals surface area contributed by atoms with Gasteiger partial charge in [-0.15, -0.1) is 11.3 Å². The van der Waals surface area contributed by atoms with Crippen LogP contribution >= 0.6 is 27.3 Å². The van der Waals surface area contributed by atoms with E-state index in [0.717, 1.165) is 21.5 Å². The maximum Gasteiger partial charge on any atom is 0.264 e. The fourth-order valence-corrected chi connectivity index (χ4v) is 3.42. The van der Waals surface area contributed by atoms with Crippen molar-refractivity contribution in [1.82, 2.24) is 4.98 Å². The van der Waals surface area contributed by atoms with E-state index in [2.05, 4.69) is 26.2 Å². The fraction of sp³-hybridized carbons (Fsp3) is 0.200. The number of hydrogen-bond donors (Lipinski definition) is 1. The molecule has 0 saturated heterocycles. The van der Waals surface area contributed by atoms with Crippen molar-refractivity contribution in [3.05, 3.63) is 58.4 Å². The number of benzene rings is 2. The number of ether oxygens (including phenoxy) is 2. The van der Waals surface area contributed by atoms with Gasteiger partial charge in [-0.1, -0.05) is 22.0 Å². The molecule has 0 aliphatic heterocycles. The van der Waals surface area contributed by atoms with Gasteiger partial charge in [0.1, 0.15) is 11.5 Å². The highest BCUT2D eigenvalue weighted by Gasteiger charge is 2.09. The topological polar surface area (TPSA) is 60.5 Å². The molecule has 1 heterocycles. The minimum atomic E-state index is -0.253. The molecule has 27 heavy (non-hydrogen) atoms. The van der Waals surface area contributed by atoms with Crippen molar-refractivity contribution in [2.24, 2.45) is 0 Å². The molecule has 7 heteroatoms. The third-order valence-electron chi connectivity index (χ3n) is 3.44. The maximum absolute atomic E-state index is 12.1. The van der Waals surface area contributed by atoms with E-state index in [1.165, 1.54) is 11.3 Å². The van der Waals surface area contributed by atoms with Crippen LogP contribution < -0.4 is 14.8 Å². The van der Waals surface area contributed by atoms with Crippen LogP contribution in [0.5, 0.6) is 11.5 Å². The number of nitrogens with zero attached hydrogens (tertiary/aromatic N) is 1. The van der Waals surface area contributed by atoms with Crippen molar-refractivity contribution in [2.75, 3.05) is 11.9 Å². The van der Waals surface area contributed by atoms with Gasteiger partial charge in [0.15, 0.2) is 11.7 Å². The maximum atomic E-state index is 12.1. The van der Waals surface area contributed by atoms with Crippen molar-refractivity contribution in [3.8, 4) is 22.8 Å². The second-order valence-corrected chi connectivity index (χ2v) is 7.80. The lowest BCUT2D eigenvalue weighted by atomic mass is 10.2. The molecular formula is C20H19BrN2O3S. The van der Waals surface area contributed by atoms with E-state index in [1.54, 1.807) is 12.1 Å². The third-order valence-corrected chi connectivity index (χ3v) is 4.69. The van der Waals surface area contributed by atoms with Crippen LogP contribution in [0, 0.1) is 0 Å². The van der Waals surface area contributed by atoms with E-state index in [1.807, 2.05) is 55.6 Å². The summed E-state index contributed by atoms with van der Waals surface area (Å²) in [6, 6.07) is 15.1. The highest BCUT2D eigenvalue weighted by Crippen LogP contribution is 2.27. The Morgan fingerprint density at radius 1 is 1.19 bits per heavy atom.